The number of carbonyl (C=O) groups excluding carboxylic acids is 1. The number of halogens is 1. The molecule has 100 valence electrons. The van der Waals surface area contributed by atoms with Crippen LogP contribution in [0.25, 0.3) is 0 Å². The summed E-state index contributed by atoms with van der Waals surface area (Å²) in [6.45, 7) is 2.01. The van der Waals surface area contributed by atoms with Crippen LogP contribution >= 0.6 is 15.9 Å². The fourth-order valence-electron chi connectivity index (χ4n) is 1.67. The van der Waals surface area contributed by atoms with Gasteiger partial charge in [0.2, 0.25) is 5.91 Å². The summed E-state index contributed by atoms with van der Waals surface area (Å²) in [6, 6.07) is 5.32. The quantitative estimate of drug-likeness (QED) is 0.878. The highest BCUT2D eigenvalue weighted by molar-refractivity contribution is 9.10. The molecule has 0 radical (unpaired) electrons. The van der Waals surface area contributed by atoms with Gasteiger partial charge in [-0.05, 0) is 24.6 Å². The van der Waals surface area contributed by atoms with Crippen LogP contribution in [0.2, 0.25) is 0 Å². The molecule has 18 heavy (non-hydrogen) atoms. The van der Waals surface area contributed by atoms with Gasteiger partial charge in [0, 0.05) is 18.6 Å². The fourth-order valence-corrected chi connectivity index (χ4v) is 2.03. The molecule has 5 heteroatoms. The molecular weight excluding hydrogens is 294 g/mol. The van der Waals surface area contributed by atoms with Crippen molar-refractivity contribution in [3.8, 4) is 0 Å². The molecule has 1 rings (SSSR count). The summed E-state index contributed by atoms with van der Waals surface area (Å²) in [7, 11) is 3.87. The lowest BCUT2D eigenvalue weighted by Crippen LogP contribution is -2.35. The Morgan fingerprint density at radius 2 is 2.17 bits per heavy atom. The van der Waals surface area contributed by atoms with E-state index >= 15 is 0 Å². The standard InChI is InChI=1S/C13H20BrN3O/c1-4-5-10(15)13(18)16-11-8-9(14)6-7-12(11)17(2)3/h6-8,10H,4-5,15H2,1-3H3,(H,16,18). The zero-order valence-corrected chi connectivity index (χ0v) is 12.6. The largest absolute Gasteiger partial charge is 0.376 e. The molecule has 1 unspecified atom stereocenters. The molecule has 1 amide bonds. The Morgan fingerprint density at radius 3 is 2.72 bits per heavy atom. The Hall–Kier alpha value is -1.07. The van der Waals surface area contributed by atoms with Crippen LogP contribution in [0.15, 0.2) is 22.7 Å². The number of amides is 1. The second-order valence-electron chi connectivity index (χ2n) is 4.44. The van der Waals surface area contributed by atoms with Gasteiger partial charge in [0.1, 0.15) is 0 Å². The summed E-state index contributed by atoms with van der Waals surface area (Å²) < 4.78 is 0.924. The van der Waals surface area contributed by atoms with Crippen LogP contribution in [0.1, 0.15) is 19.8 Å². The number of carbonyl (C=O) groups is 1. The van der Waals surface area contributed by atoms with Gasteiger partial charge in [0.25, 0.3) is 0 Å². The van der Waals surface area contributed by atoms with Crippen molar-refractivity contribution >= 4 is 33.2 Å². The summed E-state index contributed by atoms with van der Waals surface area (Å²) in [5.41, 5.74) is 7.53. The Bertz CT molecular complexity index is 421. The average Bonchev–Trinajstić information content (AvgIpc) is 2.28. The van der Waals surface area contributed by atoms with E-state index in [4.69, 9.17) is 5.73 Å². The van der Waals surface area contributed by atoms with Gasteiger partial charge >= 0.3 is 0 Å². The van der Waals surface area contributed by atoms with Gasteiger partial charge in [-0.3, -0.25) is 4.79 Å². The SMILES string of the molecule is CCCC(N)C(=O)Nc1cc(Br)ccc1N(C)C. The van der Waals surface area contributed by atoms with Gasteiger partial charge in [-0.15, -0.1) is 0 Å². The van der Waals surface area contributed by atoms with Crippen LogP contribution in [-0.2, 0) is 4.79 Å². The van der Waals surface area contributed by atoms with E-state index < -0.39 is 6.04 Å². The molecule has 1 atom stereocenters. The maximum atomic E-state index is 11.9. The first-order valence-corrected chi connectivity index (χ1v) is 6.78. The third-order valence-electron chi connectivity index (χ3n) is 2.63. The minimum atomic E-state index is -0.455. The van der Waals surface area contributed by atoms with Gasteiger partial charge in [0.05, 0.1) is 17.4 Å². The van der Waals surface area contributed by atoms with Crippen LogP contribution in [0.4, 0.5) is 11.4 Å². The minimum Gasteiger partial charge on any atom is -0.376 e. The van der Waals surface area contributed by atoms with E-state index in [9.17, 15) is 4.79 Å². The third kappa shape index (κ3) is 3.99. The van der Waals surface area contributed by atoms with Crippen LogP contribution < -0.4 is 16.0 Å². The maximum Gasteiger partial charge on any atom is 0.241 e. The number of hydrogen-bond donors (Lipinski definition) is 2. The molecule has 0 aliphatic heterocycles. The monoisotopic (exact) mass is 313 g/mol. The fraction of sp³-hybridized carbons (Fsp3) is 0.462. The van der Waals surface area contributed by atoms with Crippen molar-refractivity contribution in [1.29, 1.82) is 0 Å². The molecule has 0 fully saturated rings. The lowest BCUT2D eigenvalue weighted by molar-refractivity contribution is -0.117. The Labute approximate surface area is 117 Å². The van der Waals surface area contributed by atoms with Crippen LogP contribution in [0, 0.1) is 0 Å². The van der Waals surface area contributed by atoms with Crippen molar-refractivity contribution in [3.05, 3.63) is 22.7 Å². The van der Waals surface area contributed by atoms with E-state index in [0.29, 0.717) is 6.42 Å². The normalized spacial score (nSPS) is 12.1. The summed E-state index contributed by atoms with van der Waals surface area (Å²) in [4.78, 5) is 13.9. The van der Waals surface area contributed by atoms with Gasteiger partial charge in [-0.1, -0.05) is 29.3 Å². The smallest absolute Gasteiger partial charge is 0.241 e. The van der Waals surface area contributed by atoms with Gasteiger partial charge < -0.3 is 16.0 Å². The summed E-state index contributed by atoms with van der Waals surface area (Å²) >= 11 is 3.40. The molecule has 0 bridgehead atoms. The van der Waals surface area contributed by atoms with Gasteiger partial charge in [0.15, 0.2) is 0 Å². The van der Waals surface area contributed by atoms with E-state index in [1.54, 1.807) is 0 Å². The molecule has 0 saturated heterocycles. The predicted molar refractivity (Wildman–Crippen MR) is 80.0 cm³/mol. The number of nitrogens with zero attached hydrogens (tertiary/aromatic N) is 1. The molecule has 1 aromatic rings. The predicted octanol–water partition coefficient (Wildman–Crippen LogP) is 2.58. The number of rotatable bonds is 5. The molecule has 0 aromatic heterocycles. The van der Waals surface area contributed by atoms with E-state index in [2.05, 4.69) is 21.2 Å². The molecule has 0 spiro atoms. The first kappa shape index (κ1) is 15.0. The minimum absolute atomic E-state index is 0.141. The number of nitrogens with two attached hydrogens (primary N) is 1. The summed E-state index contributed by atoms with van der Waals surface area (Å²) in [5.74, 6) is -0.141. The Morgan fingerprint density at radius 1 is 1.50 bits per heavy atom. The average molecular weight is 314 g/mol. The van der Waals surface area contributed by atoms with Crippen LogP contribution in [0.5, 0.6) is 0 Å². The van der Waals surface area contributed by atoms with Crippen molar-refractivity contribution in [2.75, 3.05) is 24.3 Å². The maximum absolute atomic E-state index is 11.9. The Kier molecular flexibility index (Phi) is 5.62. The molecule has 0 aliphatic rings. The zero-order valence-electron chi connectivity index (χ0n) is 11.0. The molecule has 0 aliphatic carbocycles. The highest BCUT2D eigenvalue weighted by atomic mass is 79.9. The molecule has 0 saturated carbocycles. The van der Waals surface area contributed by atoms with E-state index in [1.165, 1.54) is 0 Å². The van der Waals surface area contributed by atoms with Crippen molar-refractivity contribution in [3.63, 3.8) is 0 Å². The van der Waals surface area contributed by atoms with Crippen LogP contribution in [0.3, 0.4) is 0 Å². The second-order valence-corrected chi connectivity index (χ2v) is 5.36. The van der Waals surface area contributed by atoms with Crippen molar-refractivity contribution in [2.24, 2.45) is 5.73 Å². The topological polar surface area (TPSA) is 58.4 Å². The summed E-state index contributed by atoms with van der Waals surface area (Å²) in [6.07, 6.45) is 1.59. The number of nitrogens with one attached hydrogen (secondary N) is 1. The molecule has 0 heterocycles. The number of hydrogen-bond acceptors (Lipinski definition) is 3. The zero-order chi connectivity index (χ0) is 13.7. The molecule has 4 nitrogen and oxygen atoms in total. The van der Waals surface area contributed by atoms with Crippen molar-refractivity contribution < 1.29 is 4.79 Å². The number of benzene rings is 1. The first-order chi connectivity index (χ1) is 8.45. The lowest BCUT2D eigenvalue weighted by atomic mass is 10.1. The van der Waals surface area contributed by atoms with Gasteiger partial charge in [-0.2, -0.15) is 0 Å². The van der Waals surface area contributed by atoms with E-state index in [1.807, 2.05) is 44.1 Å². The highest BCUT2D eigenvalue weighted by Gasteiger charge is 2.15. The van der Waals surface area contributed by atoms with E-state index in [-0.39, 0.29) is 5.91 Å². The van der Waals surface area contributed by atoms with Gasteiger partial charge in [-0.25, -0.2) is 0 Å². The van der Waals surface area contributed by atoms with Crippen molar-refractivity contribution in [1.82, 2.24) is 0 Å². The molecule has 3 N–H and O–H groups in total. The van der Waals surface area contributed by atoms with E-state index in [0.717, 1.165) is 22.3 Å². The van der Waals surface area contributed by atoms with Crippen molar-refractivity contribution in [2.45, 2.75) is 25.8 Å². The lowest BCUT2D eigenvalue weighted by Gasteiger charge is -2.19. The van der Waals surface area contributed by atoms with Crippen LogP contribution in [-0.4, -0.2) is 26.0 Å². The highest BCUT2D eigenvalue weighted by Crippen LogP contribution is 2.28. The second kappa shape index (κ2) is 6.75. The number of anilines is 2. The Balaban J connectivity index is 2.89. The molecule has 1 aromatic carbocycles. The first-order valence-electron chi connectivity index (χ1n) is 5.99. The molecular formula is C13H20BrN3O. The summed E-state index contributed by atoms with van der Waals surface area (Å²) in [5, 5.41) is 2.88. The third-order valence-corrected chi connectivity index (χ3v) is 3.13.